The molecule has 1 aliphatic heterocycles. The molecule has 0 fully saturated rings. The van der Waals surface area contributed by atoms with Crippen molar-refractivity contribution in [2.24, 2.45) is 0 Å². The zero-order valence-corrected chi connectivity index (χ0v) is 8.07. The Bertz CT molecular complexity index is 220. The standard InChI is InChI=1S/C4H3NO2.C2H3IO2/c6-3-1-2-4(7)5-3;3-1-2(4)5/h1-2H,(H,5,6,7);1H2,(H,4,5). The molecule has 0 saturated heterocycles. The monoisotopic (exact) mass is 283 g/mol. The van der Waals surface area contributed by atoms with E-state index in [2.05, 4.69) is 0 Å². The number of hydrogen-bond acceptors (Lipinski definition) is 3. The van der Waals surface area contributed by atoms with E-state index in [1.54, 1.807) is 22.6 Å². The lowest BCUT2D eigenvalue weighted by molar-refractivity contribution is -0.133. The molecule has 0 aliphatic carbocycles. The second-order valence-corrected chi connectivity index (χ2v) is 2.48. The van der Waals surface area contributed by atoms with Gasteiger partial charge < -0.3 is 5.11 Å². The largest absolute Gasteiger partial charge is 0.481 e. The third-order valence-electron chi connectivity index (χ3n) is 0.747. The Morgan fingerprint density at radius 1 is 1.42 bits per heavy atom. The quantitative estimate of drug-likeness (QED) is 0.393. The van der Waals surface area contributed by atoms with Gasteiger partial charge in [0.15, 0.2) is 0 Å². The SMILES string of the molecule is O=C(O)CI.O=C1C=CC(=O)N1. The highest BCUT2D eigenvalue weighted by Crippen LogP contribution is 1.82. The topological polar surface area (TPSA) is 83.5 Å². The number of rotatable bonds is 1. The highest BCUT2D eigenvalue weighted by atomic mass is 127. The van der Waals surface area contributed by atoms with E-state index in [9.17, 15) is 14.4 Å². The van der Waals surface area contributed by atoms with Crippen molar-refractivity contribution in [3.05, 3.63) is 12.2 Å². The summed E-state index contributed by atoms with van der Waals surface area (Å²) in [6.45, 7) is 0. The molecule has 1 heterocycles. The summed E-state index contributed by atoms with van der Waals surface area (Å²) in [4.78, 5) is 29.4. The number of amides is 2. The highest BCUT2D eigenvalue weighted by Gasteiger charge is 2.06. The van der Waals surface area contributed by atoms with Crippen LogP contribution in [-0.2, 0) is 14.4 Å². The van der Waals surface area contributed by atoms with Crippen LogP contribution in [0, 0.1) is 0 Å². The number of alkyl halides is 1. The second-order valence-electron chi connectivity index (χ2n) is 1.71. The van der Waals surface area contributed by atoms with Gasteiger partial charge in [0.1, 0.15) is 0 Å². The van der Waals surface area contributed by atoms with Crippen LogP contribution in [0.5, 0.6) is 0 Å². The average Bonchev–Trinajstić information content (AvgIpc) is 2.36. The summed E-state index contributed by atoms with van der Waals surface area (Å²) in [5.41, 5.74) is 0. The maximum absolute atomic E-state index is 10.0. The van der Waals surface area contributed by atoms with E-state index in [0.29, 0.717) is 0 Å². The molecule has 1 rings (SSSR count). The first-order valence-corrected chi connectivity index (χ1v) is 4.39. The lowest BCUT2D eigenvalue weighted by Gasteiger charge is -1.80. The van der Waals surface area contributed by atoms with Gasteiger partial charge in [-0.15, -0.1) is 0 Å². The molecule has 2 amide bonds. The highest BCUT2D eigenvalue weighted by molar-refractivity contribution is 14.1. The fourth-order valence-corrected chi connectivity index (χ4v) is 0.356. The van der Waals surface area contributed by atoms with Gasteiger partial charge in [0.05, 0.1) is 4.43 Å². The first-order valence-electron chi connectivity index (χ1n) is 2.87. The van der Waals surface area contributed by atoms with Crippen molar-refractivity contribution in [1.82, 2.24) is 5.32 Å². The predicted octanol–water partition coefficient (Wildman–Crippen LogP) is -0.295. The molecule has 0 aromatic carbocycles. The third-order valence-corrected chi connectivity index (χ3v) is 1.40. The second kappa shape index (κ2) is 5.70. The summed E-state index contributed by atoms with van der Waals surface area (Å²) in [5, 5.41) is 9.74. The minimum Gasteiger partial charge on any atom is -0.481 e. The van der Waals surface area contributed by atoms with Gasteiger partial charge in [0.2, 0.25) is 0 Å². The van der Waals surface area contributed by atoms with Gasteiger partial charge in [0, 0.05) is 12.2 Å². The molecule has 0 spiro atoms. The van der Waals surface area contributed by atoms with Crippen molar-refractivity contribution in [2.75, 3.05) is 4.43 Å². The lowest BCUT2D eigenvalue weighted by Crippen LogP contribution is -2.19. The van der Waals surface area contributed by atoms with Crippen molar-refractivity contribution < 1.29 is 19.5 Å². The Hall–Kier alpha value is -0.920. The molecule has 0 aromatic rings. The minimum atomic E-state index is -0.759. The van der Waals surface area contributed by atoms with E-state index in [1.165, 1.54) is 12.2 Å². The van der Waals surface area contributed by atoms with E-state index in [-0.39, 0.29) is 16.2 Å². The van der Waals surface area contributed by atoms with Crippen LogP contribution >= 0.6 is 22.6 Å². The number of carbonyl (C=O) groups excluding carboxylic acids is 2. The maximum Gasteiger partial charge on any atom is 0.313 e. The van der Waals surface area contributed by atoms with Crippen molar-refractivity contribution >= 4 is 40.4 Å². The summed E-state index contributed by atoms with van der Waals surface area (Å²) in [6, 6.07) is 0. The average molecular weight is 283 g/mol. The first-order chi connectivity index (χ1) is 5.56. The zero-order chi connectivity index (χ0) is 9.56. The summed E-state index contributed by atoms with van der Waals surface area (Å²) >= 11 is 1.78. The van der Waals surface area contributed by atoms with E-state index in [0.717, 1.165) is 0 Å². The summed E-state index contributed by atoms with van der Waals surface area (Å²) in [5.74, 6) is -1.42. The number of carbonyl (C=O) groups is 3. The molecule has 0 atom stereocenters. The Morgan fingerprint density at radius 2 is 1.75 bits per heavy atom. The van der Waals surface area contributed by atoms with E-state index < -0.39 is 5.97 Å². The fraction of sp³-hybridized carbons (Fsp3) is 0.167. The van der Waals surface area contributed by atoms with Crippen LogP contribution in [0.1, 0.15) is 0 Å². The Morgan fingerprint density at radius 3 is 1.83 bits per heavy atom. The van der Waals surface area contributed by atoms with Crippen molar-refractivity contribution in [3.8, 4) is 0 Å². The number of halogens is 1. The van der Waals surface area contributed by atoms with Gasteiger partial charge in [-0.05, 0) is 0 Å². The van der Waals surface area contributed by atoms with Gasteiger partial charge in [0.25, 0.3) is 11.8 Å². The Balaban J connectivity index is 0.000000217. The molecule has 2 N–H and O–H groups in total. The van der Waals surface area contributed by atoms with E-state index in [4.69, 9.17) is 5.11 Å². The van der Waals surface area contributed by atoms with E-state index >= 15 is 0 Å². The summed E-state index contributed by atoms with van der Waals surface area (Å²) < 4.78 is 0.192. The molecule has 0 saturated carbocycles. The number of hydrogen-bond donors (Lipinski definition) is 2. The van der Waals surface area contributed by atoms with Crippen LogP contribution in [0.25, 0.3) is 0 Å². The molecular formula is C6H6INO4. The lowest BCUT2D eigenvalue weighted by atomic mass is 10.6. The van der Waals surface area contributed by atoms with Crippen LogP contribution in [0.15, 0.2) is 12.2 Å². The number of nitrogens with one attached hydrogen (secondary N) is 1. The molecule has 12 heavy (non-hydrogen) atoms. The molecule has 0 aromatic heterocycles. The van der Waals surface area contributed by atoms with Gasteiger partial charge >= 0.3 is 5.97 Å². The summed E-state index contributed by atoms with van der Waals surface area (Å²) in [6.07, 6.45) is 2.39. The molecule has 0 bridgehead atoms. The predicted molar refractivity (Wildman–Crippen MR) is 48.8 cm³/mol. The number of imide groups is 1. The van der Waals surface area contributed by atoms with Gasteiger partial charge in [-0.25, -0.2) is 0 Å². The van der Waals surface area contributed by atoms with Gasteiger partial charge in [-0.2, -0.15) is 0 Å². The first kappa shape index (κ1) is 11.1. The number of aliphatic carboxylic acids is 1. The normalized spacial score (nSPS) is 13.4. The zero-order valence-electron chi connectivity index (χ0n) is 5.91. The number of carboxylic acids is 1. The molecule has 0 unspecified atom stereocenters. The van der Waals surface area contributed by atoms with Crippen molar-refractivity contribution in [2.45, 2.75) is 0 Å². The molecule has 0 radical (unpaired) electrons. The smallest absolute Gasteiger partial charge is 0.313 e. The third kappa shape index (κ3) is 5.83. The van der Waals surface area contributed by atoms with Crippen LogP contribution in [0.2, 0.25) is 0 Å². The van der Waals surface area contributed by atoms with Crippen molar-refractivity contribution in [3.63, 3.8) is 0 Å². The summed E-state index contributed by atoms with van der Waals surface area (Å²) in [7, 11) is 0. The van der Waals surface area contributed by atoms with Crippen LogP contribution in [0.4, 0.5) is 0 Å². The Kier molecular flexibility index (Phi) is 5.26. The molecular weight excluding hydrogens is 277 g/mol. The van der Waals surface area contributed by atoms with E-state index in [1.807, 2.05) is 5.32 Å². The van der Waals surface area contributed by atoms with Gasteiger partial charge in [-0.3, -0.25) is 19.7 Å². The molecule has 5 nitrogen and oxygen atoms in total. The molecule has 1 aliphatic rings. The fourth-order valence-electron chi connectivity index (χ4n) is 0.356. The minimum absolute atomic E-state index is 0.192. The Labute approximate surface area is 82.0 Å². The van der Waals surface area contributed by atoms with Crippen LogP contribution in [-0.4, -0.2) is 27.3 Å². The number of carboxylic acid groups (broad SMARTS) is 1. The van der Waals surface area contributed by atoms with Crippen molar-refractivity contribution in [1.29, 1.82) is 0 Å². The molecule has 6 heteroatoms. The molecule has 66 valence electrons. The van der Waals surface area contributed by atoms with Gasteiger partial charge in [-0.1, -0.05) is 22.6 Å². The van der Waals surface area contributed by atoms with Crippen LogP contribution in [0.3, 0.4) is 0 Å². The maximum atomic E-state index is 10.0. The van der Waals surface area contributed by atoms with Crippen LogP contribution < -0.4 is 5.32 Å².